The first kappa shape index (κ1) is 27.3. The Morgan fingerprint density at radius 2 is 1.85 bits per heavy atom. The van der Waals surface area contributed by atoms with E-state index < -0.39 is 40.8 Å². The molecule has 2 atom stereocenters. The molecular weight excluding hydrogens is 523 g/mol. The summed E-state index contributed by atoms with van der Waals surface area (Å²) in [5.41, 5.74) is 1.94. The van der Waals surface area contributed by atoms with Crippen molar-refractivity contribution < 1.29 is 28.1 Å². The van der Waals surface area contributed by atoms with Gasteiger partial charge in [0, 0.05) is 56.7 Å². The zero-order valence-electron chi connectivity index (χ0n) is 21.7. The lowest BCUT2D eigenvalue weighted by Gasteiger charge is -2.32. The summed E-state index contributed by atoms with van der Waals surface area (Å²) in [7, 11) is 0. The van der Waals surface area contributed by atoms with Gasteiger partial charge in [0.15, 0.2) is 0 Å². The van der Waals surface area contributed by atoms with Gasteiger partial charge in [-0.05, 0) is 37.1 Å². The second-order valence-corrected chi connectivity index (χ2v) is 12.1. The third-order valence-corrected chi connectivity index (χ3v) is 9.44. The second kappa shape index (κ2) is 11.4. The van der Waals surface area contributed by atoms with Gasteiger partial charge in [0.1, 0.15) is 22.9 Å². The average molecular weight is 555 g/mol. The van der Waals surface area contributed by atoms with E-state index in [1.54, 1.807) is 18.2 Å². The molecule has 0 spiro atoms. The Morgan fingerprint density at radius 1 is 1.08 bits per heavy atom. The smallest absolute Gasteiger partial charge is 0.264 e. The predicted molar refractivity (Wildman–Crippen MR) is 144 cm³/mol. The van der Waals surface area contributed by atoms with Crippen molar-refractivity contribution >= 4 is 40.5 Å². The molecule has 3 heterocycles. The Hall–Kier alpha value is -3.28. The molecule has 206 valence electrons. The van der Waals surface area contributed by atoms with E-state index >= 15 is 4.39 Å². The molecule has 2 aromatic carbocycles. The van der Waals surface area contributed by atoms with Gasteiger partial charge in [0.2, 0.25) is 11.8 Å². The van der Waals surface area contributed by atoms with E-state index in [2.05, 4.69) is 15.5 Å². The number of anilines is 1. The highest BCUT2D eigenvalue weighted by atomic mass is 32.2. The number of amides is 4. The molecule has 3 aliphatic heterocycles. The third kappa shape index (κ3) is 5.57. The van der Waals surface area contributed by atoms with Gasteiger partial charge in [-0.15, -0.1) is 0 Å². The van der Waals surface area contributed by atoms with Crippen LogP contribution in [0.15, 0.2) is 36.4 Å². The molecule has 5 rings (SSSR count). The molecule has 2 unspecified atom stereocenters. The molecule has 39 heavy (non-hydrogen) atoms. The Balaban J connectivity index is 1.23. The second-order valence-electron chi connectivity index (χ2n) is 10.1. The lowest BCUT2D eigenvalue weighted by atomic mass is 10.0. The third-order valence-electron chi connectivity index (χ3n) is 7.65. The number of piperidine rings is 2. The van der Waals surface area contributed by atoms with Crippen molar-refractivity contribution in [3.05, 3.63) is 64.5 Å². The lowest BCUT2D eigenvalue weighted by molar-refractivity contribution is -0.136. The van der Waals surface area contributed by atoms with Gasteiger partial charge in [-0.25, -0.2) is 4.39 Å². The minimum absolute atomic E-state index is 0.0439. The van der Waals surface area contributed by atoms with E-state index in [-0.39, 0.29) is 41.6 Å². The van der Waals surface area contributed by atoms with Crippen LogP contribution in [0.3, 0.4) is 0 Å². The molecule has 3 aliphatic rings. The maximum atomic E-state index is 15.0. The molecule has 0 saturated carbocycles. The van der Waals surface area contributed by atoms with Crippen molar-refractivity contribution in [2.45, 2.75) is 57.0 Å². The van der Waals surface area contributed by atoms with Crippen LogP contribution in [0.25, 0.3) is 0 Å². The van der Waals surface area contributed by atoms with Crippen molar-refractivity contribution in [1.82, 2.24) is 15.1 Å². The van der Waals surface area contributed by atoms with Gasteiger partial charge in [0.05, 0.1) is 11.1 Å². The largest absolute Gasteiger partial charge is 0.616 e. The monoisotopic (exact) mass is 554 g/mol. The predicted octanol–water partition coefficient (Wildman–Crippen LogP) is 2.57. The lowest BCUT2D eigenvalue weighted by Crippen LogP contribution is -2.54. The van der Waals surface area contributed by atoms with Crippen LogP contribution in [-0.4, -0.2) is 68.1 Å². The number of nitrogens with one attached hydrogen (secondary N) is 2. The van der Waals surface area contributed by atoms with Crippen molar-refractivity contribution in [1.29, 1.82) is 0 Å². The van der Waals surface area contributed by atoms with Crippen LogP contribution in [0, 0.1) is 5.82 Å². The summed E-state index contributed by atoms with van der Waals surface area (Å²) >= 11 is -0.777. The number of nitrogens with zero attached hydrogens (tertiary/aromatic N) is 2. The zero-order valence-corrected chi connectivity index (χ0v) is 22.5. The van der Waals surface area contributed by atoms with E-state index in [9.17, 15) is 23.7 Å². The van der Waals surface area contributed by atoms with Gasteiger partial charge >= 0.3 is 0 Å². The van der Waals surface area contributed by atoms with Gasteiger partial charge in [-0.2, -0.15) is 0 Å². The maximum Gasteiger partial charge on any atom is 0.264 e. The number of hydrogen-bond acceptors (Lipinski definition) is 7. The first-order valence-corrected chi connectivity index (χ1v) is 14.6. The van der Waals surface area contributed by atoms with Crippen molar-refractivity contribution in [2.75, 3.05) is 24.2 Å². The highest BCUT2D eigenvalue weighted by molar-refractivity contribution is 7.91. The highest BCUT2D eigenvalue weighted by Gasteiger charge is 2.45. The summed E-state index contributed by atoms with van der Waals surface area (Å²) in [4.78, 5) is 53.3. The first-order chi connectivity index (χ1) is 18.8. The topological polar surface area (TPSA) is 122 Å². The van der Waals surface area contributed by atoms with E-state index in [1.165, 1.54) is 12.1 Å². The summed E-state index contributed by atoms with van der Waals surface area (Å²) < 4.78 is 27.1. The van der Waals surface area contributed by atoms with Gasteiger partial charge in [-0.1, -0.05) is 29.4 Å². The first-order valence-electron chi connectivity index (χ1n) is 13.2. The van der Waals surface area contributed by atoms with Crippen LogP contribution in [-0.2, 0) is 33.9 Å². The molecule has 2 saturated heterocycles. The minimum atomic E-state index is -1.05. The summed E-state index contributed by atoms with van der Waals surface area (Å²) in [6, 6.07) is 8.84. The van der Waals surface area contributed by atoms with Crippen LogP contribution in [0.1, 0.15) is 64.4 Å². The molecule has 2 N–H and O–H groups in total. The zero-order chi connectivity index (χ0) is 27.7. The molecule has 0 aliphatic carbocycles. The van der Waals surface area contributed by atoms with Gasteiger partial charge < -0.3 is 9.87 Å². The number of fused-ring (bicyclic) bond motifs is 1. The van der Waals surface area contributed by atoms with Crippen LogP contribution in [0.2, 0.25) is 0 Å². The van der Waals surface area contributed by atoms with Crippen molar-refractivity contribution in [3.8, 4) is 0 Å². The molecule has 4 amide bonds. The molecule has 9 nitrogen and oxygen atoms in total. The van der Waals surface area contributed by atoms with E-state index in [0.29, 0.717) is 23.5 Å². The summed E-state index contributed by atoms with van der Waals surface area (Å²) in [6.45, 7) is 4.33. The average Bonchev–Trinajstić information content (AvgIpc) is 3.18. The number of rotatable bonds is 8. The van der Waals surface area contributed by atoms with Crippen LogP contribution in [0.5, 0.6) is 0 Å². The van der Waals surface area contributed by atoms with E-state index in [0.717, 1.165) is 36.4 Å². The number of halogens is 1. The Morgan fingerprint density at radius 3 is 2.54 bits per heavy atom. The number of hydrogen-bond donors (Lipinski definition) is 2. The SMILES string of the molecule is CC[S+]([O-])C1CCN(Cc2ccc(CNc3cccc4c3C(=O)N(C3CCC(=O)NC3=O)C4=O)c(F)c2)CC1. The minimum Gasteiger partial charge on any atom is -0.616 e. The number of likely N-dealkylation sites (tertiary alicyclic amines) is 1. The fraction of sp³-hybridized carbons (Fsp3) is 0.429. The molecule has 0 bridgehead atoms. The Labute approximate surface area is 229 Å². The number of carbonyl (C=O) groups is 4. The molecule has 0 aromatic heterocycles. The number of carbonyl (C=O) groups excluding carboxylic acids is 4. The molecule has 2 fully saturated rings. The molecule has 0 radical (unpaired) electrons. The van der Waals surface area contributed by atoms with Gasteiger partial charge in [-0.3, -0.25) is 34.3 Å². The number of imide groups is 2. The summed E-state index contributed by atoms with van der Waals surface area (Å²) in [5, 5.41) is 5.51. The molecular formula is C28H31FN4O5S. The standard InChI is InChI=1S/C28H31FN4O5S/c1-2-39(38)19-10-12-32(13-11-19)16-17-6-7-18(21(29)14-17)15-30-22-5-3-4-20-25(22)28(37)33(27(20)36)23-8-9-24(34)31-26(23)35/h3-7,14,19,23,30H,2,8-13,15-16H2,1H3,(H,31,34,35). The summed E-state index contributed by atoms with van der Waals surface area (Å²) in [6.07, 6.45) is 1.89. The summed E-state index contributed by atoms with van der Waals surface area (Å²) in [5.74, 6) is -2.00. The highest BCUT2D eigenvalue weighted by Crippen LogP contribution is 2.33. The van der Waals surface area contributed by atoms with E-state index in [4.69, 9.17) is 0 Å². The molecule has 11 heteroatoms. The molecule has 2 aromatic rings. The normalized spacial score (nSPS) is 21.2. The quantitative estimate of drug-likeness (QED) is 0.380. The van der Waals surface area contributed by atoms with Crippen LogP contribution < -0.4 is 10.6 Å². The van der Waals surface area contributed by atoms with Crippen LogP contribution >= 0.6 is 0 Å². The Bertz CT molecular complexity index is 1310. The van der Waals surface area contributed by atoms with Crippen molar-refractivity contribution in [2.24, 2.45) is 0 Å². The van der Waals surface area contributed by atoms with Crippen LogP contribution in [0.4, 0.5) is 10.1 Å². The Kier molecular flexibility index (Phi) is 8.01. The van der Waals surface area contributed by atoms with Gasteiger partial charge in [0.25, 0.3) is 11.8 Å². The maximum absolute atomic E-state index is 15.0. The number of benzene rings is 2. The fourth-order valence-electron chi connectivity index (χ4n) is 5.51. The fourth-order valence-corrected chi connectivity index (χ4v) is 6.72. The van der Waals surface area contributed by atoms with Crippen molar-refractivity contribution in [3.63, 3.8) is 0 Å². The van der Waals surface area contributed by atoms with E-state index in [1.807, 2.05) is 13.0 Å².